The van der Waals surface area contributed by atoms with Crippen LogP contribution in [-0.4, -0.2) is 58.4 Å². The smallest absolute Gasteiger partial charge is 0.169 e. The van der Waals surface area contributed by atoms with Gasteiger partial charge in [0.2, 0.25) is 0 Å². The molecular weight excluding hydrogens is 395 g/mol. The number of tetrazole rings is 1. The van der Waals surface area contributed by atoms with E-state index in [1.54, 1.807) is 7.11 Å². The average Bonchev–Trinajstić information content (AvgIpc) is 3.23. The SMILES string of the molecule is COc1ccc(Cn2nnnc2C(C(C)C)N2CCN(c3ccc(F)cc3)CC2)cc1. The molecule has 1 atom stereocenters. The number of anilines is 1. The van der Waals surface area contributed by atoms with Gasteiger partial charge in [-0.15, -0.1) is 5.10 Å². The highest BCUT2D eigenvalue weighted by molar-refractivity contribution is 5.46. The van der Waals surface area contributed by atoms with E-state index in [0.717, 1.165) is 49.0 Å². The number of aromatic nitrogens is 4. The average molecular weight is 425 g/mol. The van der Waals surface area contributed by atoms with Crippen molar-refractivity contribution in [3.63, 3.8) is 0 Å². The third-order valence-corrected chi connectivity index (χ3v) is 5.85. The van der Waals surface area contributed by atoms with Crippen LogP contribution in [0.4, 0.5) is 10.1 Å². The van der Waals surface area contributed by atoms with Crippen molar-refractivity contribution in [1.82, 2.24) is 25.1 Å². The summed E-state index contributed by atoms with van der Waals surface area (Å²) in [6, 6.07) is 14.8. The van der Waals surface area contributed by atoms with Gasteiger partial charge in [-0.3, -0.25) is 4.90 Å². The van der Waals surface area contributed by atoms with Crippen LogP contribution in [0, 0.1) is 11.7 Å². The molecule has 0 aliphatic carbocycles. The van der Waals surface area contributed by atoms with Crippen molar-refractivity contribution >= 4 is 5.69 Å². The van der Waals surface area contributed by atoms with Crippen molar-refractivity contribution in [2.45, 2.75) is 26.4 Å². The van der Waals surface area contributed by atoms with Crippen LogP contribution in [0.5, 0.6) is 5.75 Å². The first-order valence-electron chi connectivity index (χ1n) is 10.7. The zero-order chi connectivity index (χ0) is 21.8. The monoisotopic (exact) mass is 424 g/mol. The Kier molecular flexibility index (Phi) is 6.46. The van der Waals surface area contributed by atoms with Gasteiger partial charge in [-0.05, 0) is 58.3 Å². The van der Waals surface area contributed by atoms with Crippen LogP contribution in [0.2, 0.25) is 0 Å². The highest BCUT2D eigenvalue weighted by atomic mass is 19.1. The third-order valence-electron chi connectivity index (χ3n) is 5.85. The maximum Gasteiger partial charge on any atom is 0.169 e. The predicted molar refractivity (Wildman–Crippen MR) is 118 cm³/mol. The molecule has 2 heterocycles. The van der Waals surface area contributed by atoms with Crippen LogP contribution >= 0.6 is 0 Å². The van der Waals surface area contributed by atoms with E-state index in [1.165, 1.54) is 12.1 Å². The first-order chi connectivity index (χ1) is 15.0. The summed E-state index contributed by atoms with van der Waals surface area (Å²) in [5.74, 6) is 1.88. The van der Waals surface area contributed by atoms with Gasteiger partial charge in [0.25, 0.3) is 0 Å². The maximum atomic E-state index is 13.2. The summed E-state index contributed by atoms with van der Waals surface area (Å²) < 4.78 is 20.4. The van der Waals surface area contributed by atoms with Crippen LogP contribution in [0.15, 0.2) is 48.5 Å². The second-order valence-corrected chi connectivity index (χ2v) is 8.23. The van der Waals surface area contributed by atoms with Gasteiger partial charge in [0.15, 0.2) is 5.82 Å². The van der Waals surface area contributed by atoms with Crippen molar-refractivity contribution in [2.24, 2.45) is 5.92 Å². The minimum Gasteiger partial charge on any atom is -0.497 e. The fourth-order valence-corrected chi connectivity index (χ4v) is 4.23. The molecule has 1 aliphatic heterocycles. The van der Waals surface area contributed by atoms with E-state index in [4.69, 9.17) is 4.74 Å². The number of ether oxygens (including phenoxy) is 1. The Hall–Kier alpha value is -3.00. The molecule has 0 saturated carbocycles. The molecular formula is C23H29FN6O. The molecule has 0 spiro atoms. The van der Waals surface area contributed by atoms with Gasteiger partial charge in [0, 0.05) is 31.9 Å². The summed E-state index contributed by atoms with van der Waals surface area (Å²) in [5, 5.41) is 12.7. The third kappa shape index (κ3) is 4.85. The van der Waals surface area contributed by atoms with Crippen LogP contribution in [-0.2, 0) is 6.54 Å². The first kappa shape index (κ1) is 21.2. The van der Waals surface area contributed by atoms with Crippen molar-refractivity contribution in [2.75, 3.05) is 38.2 Å². The number of rotatable bonds is 7. The second kappa shape index (κ2) is 9.43. The summed E-state index contributed by atoms with van der Waals surface area (Å²) >= 11 is 0. The Labute approximate surface area is 182 Å². The van der Waals surface area contributed by atoms with E-state index in [-0.39, 0.29) is 11.9 Å². The Morgan fingerprint density at radius 1 is 0.968 bits per heavy atom. The molecule has 0 amide bonds. The van der Waals surface area contributed by atoms with E-state index >= 15 is 0 Å². The molecule has 1 aliphatic rings. The van der Waals surface area contributed by atoms with E-state index in [9.17, 15) is 4.39 Å². The highest BCUT2D eigenvalue weighted by Crippen LogP contribution is 2.29. The van der Waals surface area contributed by atoms with E-state index in [1.807, 2.05) is 41.1 Å². The number of methoxy groups -OCH3 is 1. The summed E-state index contributed by atoms with van der Waals surface area (Å²) in [5.41, 5.74) is 2.18. The lowest BCUT2D eigenvalue weighted by molar-refractivity contribution is 0.135. The molecule has 8 heteroatoms. The molecule has 1 fully saturated rings. The highest BCUT2D eigenvalue weighted by Gasteiger charge is 2.31. The predicted octanol–water partition coefficient (Wildman–Crippen LogP) is 3.39. The fourth-order valence-electron chi connectivity index (χ4n) is 4.23. The normalized spacial score (nSPS) is 16.0. The van der Waals surface area contributed by atoms with Gasteiger partial charge in [-0.25, -0.2) is 9.07 Å². The fraction of sp³-hybridized carbons (Fsp3) is 0.435. The molecule has 1 saturated heterocycles. The standard InChI is InChI=1S/C23H29FN6O/c1-17(2)22(29-14-12-28(13-15-29)20-8-6-19(24)7-9-20)23-25-26-27-30(23)16-18-4-10-21(31-3)11-5-18/h4-11,17,22H,12-16H2,1-3H3. The van der Waals surface area contributed by atoms with Gasteiger partial charge in [-0.2, -0.15) is 0 Å². The molecule has 1 aromatic heterocycles. The number of nitrogens with zero attached hydrogens (tertiary/aromatic N) is 6. The molecule has 164 valence electrons. The minimum atomic E-state index is -0.203. The van der Waals surface area contributed by atoms with Gasteiger partial charge >= 0.3 is 0 Å². The molecule has 3 aromatic rings. The molecule has 31 heavy (non-hydrogen) atoms. The molecule has 0 bridgehead atoms. The van der Waals surface area contributed by atoms with Gasteiger partial charge in [0.05, 0.1) is 19.7 Å². The molecule has 7 nitrogen and oxygen atoms in total. The molecule has 0 N–H and O–H groups in total. The van der Waals surface area contributed by atoms with Crippen molar-refractivity contribution < 1.29 is 9.13 Å². The topological polar surface area (TPSA) is 59.3 Å². The quantitative estimate of drug-likeness (QED) is 0.580. The number of halogens is 1. The van der Waals surface area contributed by atoms with E-state index < -0.39 is 0 Å². The zero-order valence-electron chi connectivity index (χ0n) is 18.3. The Balaban J connectivity index is 1.47. The van der Waals surface area contributed by atoms with Crippen LogP contribution in [0.1, 0.15) is 31.3 Å². The van der Waals surface area contributed by atoms with Gasteiger partial charge in [-0.1, -0.05) is 26.0 Å². The zero-order valence-corrected chi connectivity index (χ0v) is 18.3. The van der Waals surface area contributed by atoms with Crippen LogP contribution < -0.4 is 9.64 Å². The number of hydrogen-bond acceptors (Lipinski definition) is 6. The van der Waals surface area contributed by atoms with Crippen LogP contribution in [0.25, 0.3) is 0 Å². The lowest BCUT2D eigenvalue weighted by Crippen LogP contribution is -2.49. The second-order valence-electron chi connectivity index (χ2n) is 8.23. The van der Waals surface area contributed by atoms with Crippen molar-refractivity contribution in [1.29, 1.82) is 0 Å². The number of hydrogen-bond donors (Lipinski definition) is 0. The molecule has 2 aromatic carbocycles. The van der Waals surface area contributed by atoms with Crippen molar-refractivity contribution in [3.8, 4) is 5.75 Å². The Morgan fingerprint density at radius 3 is 2.26 bits per heavy atom. The molecule has 1 unspecified atom stereocenters. The maximum absolute atomic E-state index is 13.2. The summed E-state index contributed by atoms with van der Waals surface area (Å²) in [6.45, 7) is 8.60. The molecule has 4 rings (SSSR count). The molecule has 0 radical (unpaired) electrons. The lowest BCUT2D eigenvalue weighted by atomic mass is 10.0. The minimum absolute atomic E-state index is 0.128. The van der Waals surface area contributed by atoms with Gasteiger partial charge < -0.3 is 9.64 Å². The largest absolute Gasteiger partial charge is 0.497 e. The summed E-state index contributed by atoms with van der Waals surface area (Å²) in [7, 11) is 1.66. The number of piperazine rings is 1. The van der Waals surface area contributed by atoms with E-state index in [2.05, 4.69) is 39.2 Å². The lowest BCUT2D eigenvalue weighted by Gasteiger charge is -2.41. The number of benzene rings is 2. The van der Waals surface area contributed by atoms with Gasteiger partial charge in [0.1, 0.15) is 11.6 Å². The van der Waals surface area contributed by atoms with Crippen LogP contribution in [0.3, 0.4) is 0 Å². The summed E-state index contributed by atoms with van der Waals surface area (Å²) in [4.78, 5) is 4.76. The Bertz CT molecular complexity index is 964. The van der Waals surface area contributed by atoms with E-state index in [0.29, 0.717) is 12.5 Å². The Morgan fingerprint density at radius 2 is 1.65 bits per heavy atom. The first-order valence-corrected chi connectivity index (χ1v) is 10.7. The summed E-state index contributed by atoms with van der Waals surface area (Å²) in [6.07, 6.45) is 0. The van der Waals surface area contributed by atoms with Crippen molar-refractivity contribution in [3.05, 3.63) is 65.7 Å².